The fourth-order valence-electron chi connectivity index (χ4n) is 6.13. The van der Waals surface area contributed by atoms with E-state index < -0.39 is 17.9 Å². The van der Waals surface area contributed by atoms with Gasteiger partial charge in [-0.25, -0.2) is 9.97 Å². The summed E-state index contributed by atoms with van der Waals surface area (Å²) in [4.78, 5) is 52.8. The summed E-state index contributed by atoms with van der Waals surface area (Å²) in [5.41, 5.74) is 5.39. The zero-order valence-corrected chi connectivity index (χ0v) is 28.8. The van der Waals surface area contributed by atoms with Gasteiger partial charge in [-0.2, -0.15) is 0 Å². The van der Waals surface area contributed by atoms with Crippen molar-refractivity contribution in [1.29, 1.82) is 0 Å². The summed E-state index contributed by atoms with van der Waals surface area (Å²) in [5, 5.41) is 12.2. The Bertz CT molecular complexity index is 1750. The van der Waals surface area contributed by atoms with Crippen LogP contribution in [0.25, 0.3) is 11.4 Å². The van der Waals surface area contributed by atoms with Crippen molar-refractivity contribution >= 4 is 34.8 Å². The van der Waals surface area contributed by atoms with Gasteiger partial charge in [-0.15, -0.1) is 11.3 Å². The van der Waals surface area contributed by atoms with E-state index in [1.807, 2.05) is 42.7 Å². The van der Waals surface area contributed by atoms with Crippen LogP contribution in [-0.2, 0) is 27.8 Å². The summed E-state index contributed by atoms with van der Waals surface area (Å²) in [6, 6.07) is 19.6. The molecule has 4 aromatic rings. The summed E-state index contributed by atoms with van der Waals surface area (Å²) in [6.45, 7) is 10.7. The second-order valence-corrected chi connectivity index (χ2v) is 15.1. The van der Waals surface area contributed by atoms with Crippen LogP contribution in [0.5, 0.6) is 0 Å². The number of aryl methyl sites for hydroxylation is 1. The molecule has 1 atom stereocenters. The molecule has 2 fully saturated rings. The maximum absolute atomic E-state index is 13.5. The highest BCUT2D eigenvalue weighted by Crippen LogP contribution is 2.32. The molecule has 0 radical (unpaired) electrons. The standard InChI is InChI=1S/C38H43N5O4S/c1-5-6-24-7-11-26(12-8-24)28-20-42(21-28)30-18-39-34(40-19-30)27-13-9-25(10-14-27)17-31(36(45)43-22-29(23-43)37(46)47)41-35(44)32-15-16-33(48-32)38(2,3)4/h7-16,18-19,28-29,31H,5-6,17,20-23H2,1-4H3,(H,41,44)(H,46,47). The van der Waals surface area contributed by atoms with Crippen LogP contribution in [-0.4, -0.2) is 70.0 Å². The lowest BCUT2D eigenvalue weighted by molar-refractivity contribution is -0.153. The number of carbonyl (C=O) groups is 3. The van der Waals surface area contributed by atoms with Crippen molar-refractivity contribution in [3.8, 4) is 11.4 Å². The second kappa shape index (κ2) is 13.9. The number of aliphatic carboxylic acids is 1. The minimum Gasteiger partial charge on any atom is -0.481 e. The SMILES string of the molecule is CCCc1ccc(C2CN(c3cnc(-c4ccc(CC(NC(=O)c5ccc(C(C)(C)C)s5)C(=O)N5CC(C(=O)O)C5)cc4)nc3)C2)cc1. The monoisotopic (exact) mass is 665 g/mol. The van der Waals surface area contributed by atoms with E-state index in [0.717, 1.165) is 47.6 Å². The van der Waals surface area contributed by atoms with Crippen molar-refractivity contribution < 1.29 is 19.5 Å². The molecule has 6 rings (SSSR count). The van der Waals surface area contributed by atoms with Gasteiger partial charge in [0.1, 0.15) is 6.04 Å². The van der Waals surface area contributed by atoms with Gasteiger partial charge in [0.05, 0.1) is 28.9 Å². The third kappa shape index (κ3) is 7.44. The lowest BCUT2D eigenvalue weighted by atomic mass is 9.90. The van der Waals surface area contributed by atoms with Crippen molar-refractivity contribution in [2.75, 3.05) is 31.1 Å². The second-order valence-electron chi connectivity index (χ2n) is 14.0. The Morgan fingerprint density at radius 3 is 2.15 bits per heavy atom. The van der Waals surface area contributed by atoms with Crippen LogP contribution in [0, 0.1) is 5.92 Å². The van der Waals surface area contributed by atoms with E-state index in [2.05, 4.69) is 72.1 Å². The van der Waals surface area contributed by atoms with Crippen molar-refractivity contribution in [2.24, 2.45) is 5.92 Å². The van der Waals surface area contributed by atoms with Gasteiger partial charge in [0.15, 0.2) is 5.82 Å². The first-order valence-corrected chi connectivity index (χ1v) is 17.5. The number of carboxylic acids is 1. The molecule has 4 heterocycles. The summed E-state index contributed by atoms with van der Waals surface area (Å²) < 4.78 is 0. The number of amides is 2. The van der Waals surface area contributed by atoms with Crippen molar-refractivity contribution in [3.05, 3.63) is 99.5 Å². The molecule has 10 heteroatoms. The number of aromatic nitrogens is 2. The Hall–Kier alpha value is -4.57. The van der Waals surface area contributed by atoms with Gasteiger partial charge in [0, 0.05) is 49.0 Å². The van der Waals surface area contributed by atoms with Gasteiger partial charge in [0.25, 0.3) is 5.91 Å². The molecule has 0 bridgehead atoms. The van der Waals surface area contributed by atoms with E-state index in [1.54, 1.807) is 6.07 Å². The summed E-state index contributed by atoms with van der Waals surface area (Å²) in [7, 11) is 0. The third-order valence-corrected chi connectivity index (χ3v) is 10.8. The number of nitrogens with one attached hydrogen (secondary N) is 1. The number of anilines is 1. The van der Waals surface area contributed by atoms with E-state index in [0.29, 0.717) is 16.6 Å². The van der Waals surface area contributed by atoms with Gasteiger partial charge in [-0.3, -0.25) is 14.4 Å². The van der Waals surface area contributed by atoms with Gasteiger partial charge >= 0.3 is 5.97 Å². The predicted molar refractivity (Wildman–Crippen MR) is 189 cm³/mol. The van der Waals surface area contributed by atoms with Gasteiger partial charge in [-0.05, 0) is 40.7 Å². The molecule has 0 saturated carbocycles. The van der Waals surface area contributed by atoms with E-state index in [4.69, 9.17) is 0 Å². The van der Waals surface area contributed by atoms with Crippen LogP contribution in [0.15, 0.2) is 73.1 Å². The molecule has 0 aliphatic carbocycles. The predicted octanol–water partition coefficient (Wildman–Crippen LogP) is 5.94. The number of carboxylic acid groups (broad SMARTS) is 1. The molecule has 1 unspecified atom stereocenters. The molecule has 2 N–H and O–H groups in total. The molecule has 0 spiro atoms. The first kappa shape index (κ1) is 33.3. The molecular weight excluding hydrogens is 623 g/mol. The normalized spacial score (nSPS) is 15.8. The highest BCUT2D eigenvalue weighted by atomic mass is 32.1. The molecule has 250 valence electrons. The number of carbonyl (C=O) groups excluding carboxylic acids is 2. The van der Waals surface area contributed by atoms with Crippen molar-refractivity contribution in [1.82, 2.24) is 20.2 Å². The van der Waals surface area contributed by atoms with E-state index >= 15 is 0 Å². The first-order chi connectivity index (χ1) is 23.0. The smallest absolute Gasteiger partial charge is 0.310 e. The Morgan fingerprint density at radius 1 is 0.917 bits per heavy atom. The third-order valence-electron chi connectivity index (χ3n) is 9.24. The van der Waals surface area contributed by atoms with Gasteiger partial charge < -0.3 is 20.2 Å². The average molecular weight is 666 g/mol. The Labute approximate surface area is 286 Å². The van der Waals surface area contributed by atoms with Gasteiger partial charge in [0.2, 0.25) is 5.91 Å². The highest BCUT2D eigenvalue weighted by molar-refractivity contribution is 7.14. The number of likely N-dealkylation sites (tertiary alicyclic amines) is 1. The van der Waals surface area contributed by atoms with E-state index in [-0.39, 0.29) is 36.7 Å². The van der Waals surface area contributed by atoms with E-state index in [1.165, 1.54) is 27.4 Å². The summed E-state index contributed by atoms with van der Waals surface area (Å²) in [5.74, 6) is -0.957. The van der Waals surface area contributed by atoms with Gasteiger partial charge in [-0.1, -0.05) is 82.6 Å². The fraction of sp³-hybridized carbons (Fsp3) is 0.395. The Kier molecular flexibility index (Phi) is 9.64. The largest absolute Gasteiger partial charge is 0.481 e. The van der Waals surface area contributed by atoms with Crippen LogP contribution in [0.3, 0.4) is 0 Å². The molecule has 2 saturated heterocycles. The maximum atomic E-state index is 13.5. The molecule has 2 aromatic carbocycles. The fourth-order valence-corrected chi connectivity index (χ4v) is 7.10. The lowest BCUT2D eigenvalue weighted by Gasteiger charge is -2.41. The first-order valence-electron chi connectivity index (χ1n) is 16.7. The minimum atomic E-state index is -0.916. The Morgan fingerprint density at radius 2 is 1.56 bits per heavy atom. The minimum absolute atomic E-state index is 0.0906. The zero-order chi connectivity index (χ0) is 34.0. The number of rotatable bonds is 11. The van der Waals surface area contributed by atoms with E-state index in [9.17, 15) is 19.5 Å². The highest BCUT2D eigenvalue weighted by Gasteiger charge is 2.39. The Balaban J connectivity index is 1.09. The number of benzene rings is 2. The number of hydrogen-bond acceptors (Lipinski definition) is 7. The van der Waals surface area contributed by atoms with Crippen LogP contribution in [0.2, 0.25) is 0 Å². The number of nitrogens with zero attached hydrogens (tertiary/aromatic N) is 4. The van der Waals surface area contributed by atoms with Crippen LogP contribution in [0.4, 0.5) is 5.69 Å². The van der Waals surface area contributed by atoms with Crippen molar-refractivity contribution in [2.45, 2.75) is 64.3 Å². The molecule has 9 nitrogen and oxygen atoms in total. The van der Waals surface area contributed by atoms with Crippen molar-refractivity contribution in [3.63, 3.8) is 0 Å². The topological polar surface area (TPSA) is 116 Å². The van der Waals surface area contributed by atoms with Crippen LogP contribution in [0.1, 0.15) is 71.3 Å². The zero-order valence-electron chi connectivity index (χ0n) is 28.0. The molecule has 2 amide bonds. The summed E-state index contributed by atoms with van der Waals surface area (Å²) >= 11 is 1.42. The molecule has 2 aliphatic heterocycles. The maximum Gasteiger partial charge on any atom is 0.310 e. The molecule has 2 aromatic heterocycles. The number of thiophene rings is 1. The average Bonchev–Trinajstić information content (AvgIpc) is 3.53. The summed E-state index contributed by atoms with van der Waals surface area (Å²) in [6.07, 6.45) is 6.28. The van der Waals surface area contributed by atoms with Crippen LogP contribution >= 0.6 is 11.3 Å². The quantitative estimate of drug-likeness (QED) is 0.204. The molecule has 2 aliphatic rings. The molecular formula is C38H43N5O4S. The molecule has 48 heavy (non-hydrogen) atoms. The van der Waals surface area contributed by atoms with Crippen LogP contribution < -0.4 is 10.2 Å². The number of hydrogen-bond donors (Lipinski definition) is 2. The lowest BCUT2D eigenvalue weighted by Crippen LogP contribution is -2.59.